The summed E-state index contributed by atoms with van der Waals surface area (Å²) < 4.78 is 0. The Hall–Kier alpha value is -1.69. The molecule has 3 aromatic rings. The number of rotatable bonds is 7. The summed E-state index contributed by atoms with van der Waals surface area (Å²) in [5.74, 6) is 0. The van der Waals surface area contributed by atoms with Crippen LogP contribution in [0.5, 0.6) is 0 Å². The Balaban J connectivity index is 2.29. The van der Waals surface area contributed by atoms with Gasteiger partial charge in [0, 0.05) is 0 Å². The molecule has 0 bridgehead atoms. The average Bonchev–Trinajstić information content (AvgIpc) is 2.73. The van der Waals surface area contributed by atoms with Gasteiger partial charge in [0.25, 0.3) is 0 Å². The number of benzene rings is 3. The molecule has 0 aliphatic carbocycles. The summed E-state index contributed by atoms with van der Waals surface area (Å²) >= 11 is 4.47. The van der Waals surface area contributed by atoms with E-state index < -0.39 is 5.31 Å². The van der Waals surface area contributed by atoms with Gasteiger partial charge in [0.1, 0.15) is 0 Å². The van der Waals surface area contributed by atoms with Crippen LogP contribution in [-0.4, -0.2) is 6.16 Å². The second kappa shape index (κ2) is 8.33. The van der Waals surface area contributed by atoms with Gasteiger partial charge in [-0.2, -0.15) is 0 Å². The molecule has 0 amide bonds. The molecule has 0 N–H and O–H groups in total. The summed E-state index contributed by atoms with van der Waals surface area (Å²) in [5.41, 5.74) is 0. The normalized spacial score (nSPS) is 13.4. The molecule has 0 saturated heterocycles. The Bertz CT molecular complexity index is 742. The number of hydrogen-bond donors (Lipinski definition) is 0. The molecule has 0 saturated carbocycles. The van der Waals surface area contributed by atoms with Crippen LogP contribution in [0.15, 0.2) is 103 Å². The third-order valence-electron chi connectivity index (χ3n) is 5.00. The molecule has 3 rings (SSSR count). The summed E-state index contributed by atoms with van der Waals surface area (Å²) in [6.07, 6.45) is 7.81. The molecule has 0 aromatic heterocycles. The third-order valence-corrected chi connectivity index (χ3v) is 15.0. The van der Waals surface area contributed by atoms with Gasteiger partial charge in [-0.05, 0) is 0 Å². The molecule has 26 heavy (non-hydrogen) atoms. The number of halogens is 1. The molecule has 0 unspecified atom stereocenters. The van der Waals surface area contributed by atoms with Crippen molar-refractivity contribution >= 4 is 36.7 Å². The molecule has 3 aromatic carbocycles. The monoisotopic (exact) mass is 424 g/mol. The molecule has 0 spiro atoms. The van der Waals surface area contributed by atoms with Gasteiger partial charge in [0.15, 0.2) is 0 Å². The van der Waals surface area contributed by atoms with Crippen LogP contribution in [0.1, 0.15) is 19.8 Å². The molecule has 134 valence electrons. The van der Waals surface area contributed by atoms with Crippen LogP contribution >= 0.6 is 20.8 Å². The van der Waals surface area contributed by atoms with Crippen LogP contribution in [-0.2, 0) is 0 Å². The van der Waals surface area contributed by atoms with Crippen LogP contribution in [0.3, 0.4) is 0 Å². The van der Waals surface area contributed by atoms with E-state index in [-0.39, 0.29) is 0 Å². The first-order valence-electron chi connectivity index (χ1n) is 9.25. The minimum atomic E-state index is -2.72. The predicted octanol–water partition coefficient (Wildman–Crippen LogP) is 6.18. The van der Waals surface area contributed by atoms with Crippen molar-refractivity contribution < 1.29 is 0 Å². The summed E-state index contributed by atoms with van der Waals surface area (Å²) in [5, 5.41) is 1.45. The van der Waals surface area contributed by atoms with Gasteiger partial charge in [-0.3, -0.25) is 0 Å². The van der Waals surface area contributed by atoms with Crippen molar-refractivity contribution in [3.05, 3.63) is 103 Å². The number of allylic oxidation sites excluding steroid dienone is 2. The fourth-order valence-corrected chi connectivity index (χ4v) is 11.1. The fourth-order valence-electron chi connectivity index (χ4n) is 3.65. The maximum atomic E-state index is 4.47. The molecule has 0 aliphatic rings. The van der Waals surface area contributed by atoms with Gasteiger partial charge >= 0.3 is 166 Å². The Morgan fingerprint density at radius 2 is 1.04 bits per heavy atom. The van der Waals surface area contributed by atoms with Crippen molar-refractivity contribution in [1.82, 2.24) is 0 Å². The van der Waals surface area contributed by atoms with E-state index in [2.05, 4.69) is 126 Å². The first-order valence-corrected chi connectivity index (χ1v) is 13.7. The second-order valence-electron chi connectivity index (χ2n) is 6.58. The van der Waals surface area contributed by atoms with Crippen molar-refractivity contribution in [1.29, 1.82) is 0 Å². The molecular weight excluding hydrogens is 399 g/mol. The third kappa shape index (κ3) is 3.43. The van der Waals surface area contributed by atoms with Gasteiger partial charge in [-0.15, -0.1) is 0 Å². The molecule has 0 heterocycles. The Morgan fingerprint density at radius 1 is 0.654 bits per heavy atom. The van der Waals surface area contributed by atoms with E-state index >= 15 is 0 Å². The van der Waals surface area contributed by atoms with Gasteiger partial charge in [-0.25, -0.2) is 0 Å². The van der Waals surface area contributed by atoms with Crippen LogP contribution in [0.25, 0.3) is 0 Å². The molecule has 0 radical (unpaired) electrons. The molecular formula is C24H26BrP. The van der Waals surface area contributed by atoms with Crippen LogP contribution in [0.4, 0.5) is 0 Å². The van der Waals surface area contributed by atoms with Crippen molar-refractivity contribution in [2.24, 2.45) is 0 Å². The van der Waals surface area contributed by atoms with Gasteiger partial charge < -0.3 is 0 Å². The SMILES string of the molecule is CC/C=C/CCP(Br)(c1ccccc1)(c1ccccc1)c1ccccc1. The quantitative estimate of drug-likeness (QED) is 0.313. The van der Waals surface area contributed by atoms with Crippen molar-refractivity contribution in [3.63, 3.8) is 0 Å². The topological polar surface area (TPSA) is 0 Å². The Labute approximate surface area is 165 Å². The fraction of sp³-hybridized carbons (Fsp3) is 0.167. The molecule has 0 aliphatic heterocycles. The molecule has 0 nitrogen and oxygen atoms in total. The van der Waals surface area contributed by atoms with E-state index in [1.165, 1.54) is 15.9 Å². The van der Waals surface area contributed by atoms with Crippen LogP contribution in [0.2, 0.25) is 0 Å². The van der Waals surface area contributed by atoms with Gasteiger partial charge in [-0.1, -0.05) is 0 Å². The van der Waals surface area contributed by atoms with Crippen molar-refractivity contribution in [2.45, 2.75) is 19.8 Å². The van der Waals surface area contributed by atoms with Crippen molar-refractivity contribution in [2.75, 3.05) is 6.16 Å². The summed E-state index contributed by atoms with van der Waals surface area (Å²) in [6, 6.07) is 33.0. The summed E-state index contributed by atoms with van der Waals surface area (Å²) in [7, 11) is 0. The van der Waals surface area contributed by atoms with E-state index in [1.807, 2.05) is 0 Å². The number of hydrogen-bond acceptors (Lipinski definition) is 0. The van der Waals surface area contributed by atoms with Crippen molar-refractivity contribution in [3.8, 4) is 0 Å². The van der Waals surface area contributed by atoms with E-state index in [0.717, 1.165) is 19.0 Å². The standard InChI is InChI=1S/C24H26BrP/c1-2-3-4-14-21-26(25,22-15-8-5-9-16-22,23-17-10-6-11-18-23)24-19-12-7-13-20-24/h3-13,15-20H,2,14,21H2,1H3/b4-3+. The zero-order valence-corrected chi connectivity index (χ0v) is 17.7. The van der Waals surface area contributed by atoms with Gasteiger partial charge in [0.2, 0.25) is 0 Å². The van der Waals surface area contributed by atoms with E-state index in [1.54, 1.807) is 0 Å². The van der Waals surface area contributed by atoms with E-state index in [0.29, 0.717) is 0 Å². The second-order valence-corrected chi connectivity index (χ2v) is 15.6. The zero-order valence-electron chi connectivity index (χ0n) is 15.3. The van der Waals surface area contributed by atoms with Crippen LogP contribution in [0, 0.1) is 0 Å². The summed E-state index contributed by atoms with van der Waals surface area (Å²) in [4.78, 5) is 0. The summed E-state index contributed by atoms with van der Waals surface area (Å²) in [6.45, 7) is 2.19. The van der Waals surface area contributed by atoms with Gasteiger partial charge in [0.05, 0.1) is 0 Å². The maximum absolute atomic E-state index is 4.47. The Morgan fingerprint density at radius 3 is 1.38 bits per heavy atom. The first kappa shape index (κ1) is 19.1. The first-order chi connectivity index (χ1) is 12.7. The van der Waals surface area contributed by atoms with E-state index in [4.69, 9.17) is 0 Å². The minimum absolute atomic E-state index is 1.05. The average molecular weight is 425 g/mol. The molecule has 0 atom stereocenters. The zero-order chi connectivity index (χ0) is 18.3. The predicted molar refractivity (Wildman–Crippen MR) is 123 cm³/mol. The Kier molecular flexibility index (Phi) is 6.12. The molecule has 0 fully saturated rings. The van der Waals surface area contributed by atoms with Crippen LogP contribution < -0.4 is 15.9 Å². The molecule has 2 heteroatoms. The van der Waals surface area contributed by atoms with E-state index in [9.17, 15) is 0 Å².